The fourth-order valence-corrected chi connectivity index (χ4v) is 3.16. The van der Waals surface area contributed by atoms with Crippen molar-refractivity contribution in [2.24, 2.45) is 4.99 Å². The van der Waals surface area contributed by atoms with E-state index in [1.54, 1.807) is 6.20 Å². The number of aliphatic imine (C=N–C) groups is 1. The molecule has 6 heteroatoms. The molecule has 3 atom stereocenters. The van der Waals surface area contributed by atoms with Crippen LogP contribution < -0.4 is 10.6 Å². The average molecular weight is 320 g/mol. The highest BCUT2D eigenvalue weighted by atomic mass is 16.5. The average Bonchev–Trinajstić information content (AvgIpc) is 3.20. The Labute approximate surface area is 138 Å². The van der Waals surface area contributed by atoms with E-state index in [2.05, 4.69) is 48.3 Å². The van der Waals surface area contributed by atoms with Crippen LogP contribution in [0.15, 0.2) is 15.6 Å². The third kappa shape index (κ3) is 3.86. The van der Waals surface area contributed by atoms with E-state index < -0.39 is 0 Å². The monoisotopic (exact) mass is 320 g/mol. The molecule has 3 unspecified atom stereocenters. The lowest BCUT2D eigenvalue weighted by Gasteiger charge is -2.22. The molecular weight excluding hydrogens is 292 g/mol. The van der Waals surface area contributed by atoms with Gasteiger partial charge in [0, 0.05) is 12.0 Å². The minimum atomic E-state index is -0.0296. The second-order valence-corrected chi connectivity index (χ2v) is 7.42. The molecule has 2 aliphatic heterocycles. The van der Waals surface area contributed by atoms with Gasteiger partial charge in [-0.2, -0.15) is 0 Å². The Morgan fingerprint density at radius 2 is 2.22 bits per heavy atom. The fraction of sp³-hybridized carbons (Fsp3) is 0.765. The van der Waals surface area contributed by atoms with Gasteiger partial charge in [0.2, 0.25) is 5.89 Å². The third-order valence-corrected chi connectivity index (χ3v) is 4.44. The number of hydrogen-bond acceptors (Lipinski definition) is 4. The Balaban J connectivity index is 1.61. The maximum absolute atomic E-state index is 5.89. The zero-order chi connectivity index (χ0) is 16.4. The van der Waals surface area contributed by atoms with Crippen molar-refractivity contribution in [3.05, 3.63) is 17.8 Å². The normalized spacial score (nSPS) is 27.5. The van der Waals surface area contributed by atoms with Crippen LogP contribution in [0, 0.1) is 0 Å². The number of guanidine groups is 1. The molecule has 2 fully saturated rings. The maximum atomic E-state index is 5.89. The van der Waals surface area contributed by atoms with E-state index in [9.17, 15) is 0 Å². The minimum Gasteiger partial charge on any atom is -0.443 e. The van der Waals surface area contributed by atoms with Crippen LogP contribution in [0.2, 0.25) is 0 Å². The number of rotatable bonds is 4. The van der Waals surface area contributed by atoms with Crippen molar-refractivity contribution in [3.63, 3.8) is 0 Å². The van der Waals surface area contributed by atoms with E-state index in [1.807, 2.05) is 0 Å². The highest BCUT2D eigenvalue weighted by Gasteiger charge is 2.41. The Kier molecular flexibility index (Phi) is 4.62. The van der Waals surface area contributed by atoms with Crippen LogP contribution >= 0.6 is 0 Å². The standard InChI is InChI=1S/C17H28N4O2/c1-5-18-16(21-12-8-11-6-7-13(12)22-11)20-10-15-19-9-14(23-15)17(2,3)4/h9,11-13H,5-8,10H2,1-4H3,(H2,18,20,21). The van der Waals surface area contributed by atoms with Gasteiger partial charge in [0.25, 0.3) is 0 Å². The number of nitrogens with one attached hydrogen (secondary N) is 2. The highest BCUT2D eigenvalue weighted by molar-refractivity contribution is 5.80. The third-order valence-electron chi connectivity index (χ3n) is 4.44. The van der Waals surface area contributed by atoms with Gasteiger partial charge in [-0.05, 0) is 26.2 Å². The molecule has 1 aromatic heterocycles. The summed E-state index contributed by atoms with van der Waals surface area (Å²) in [6, 6.07) is 0.362. The zero-order valence-corrected chi connectivity index (χ0v) is 14.6. The van der Waals surface area contributed by atoms with Crippen molar-refractivity contribution < 1.29 is 9.15 Å². The molecule has 0 spiro atoms. The first-order valence-corrected chi connectivity index (χ1v) is 8.61. The molecule has 3 heterocycles. The van der Waals surface area contributed by atoms with Gasteiger partial charge in [-0.15, -0.1) is 0 Å². The van der Waals surface area contributed by atoms with Gasteiger partial charge in [-0.25, -0.2) is 9.98 Å². The van der Waals surface area contributed by atoms with Crippen LogP contribution in [0.25, 0.3) is 0 Å². The van der Waals surface area contributed by atoms with E-state index >= 15 is 0 Å². The molecule has 23 heavy (non-hydrogen) atoms. The maximum Gasteiger partial charge on any atom is 0.216 e. The summed E-state index contributed by atoms with van der Waals surface area (Å²) in [4.78, 5) is 8.94. The molecule has 6 nitrogen and oxygen atoms in total. The molecular formula is C17H28N4O2. The van der Waals surface area contributed by atoms with E-state index in [-0.39, 0.29) is 5.41 Å². The summed E-state index contributed by atoms with van der Waals surface area (Å²) in [6.45, 7) is 9.67. The van der Waals surface area contributed by atoms with Gasteiger partial charge in [0.05, 0.1) is 24.4 Å². The summed E-state index contributed by atoms with van der Waals surface area (Å²) in [5, 5.41) is 6.79. The van der Waals surface area contributed by atoms with Crippen molar-refractivity contribution in [3.8, 4) is 0 Å². The molecule has 2 N–H and O–H groups in total. The summed E-state index contributed by atoms with van der Waals surface area (Å²) >= 11 is 0. The number of fused-ring (bicyclic) bond motifs is 2. The number of nitrogens with zero attached hydrogens (tertiary/aromatic N) is 2. The number of hydrogen-bond donors (Lipinski definition) is 2. The van der Waals surface area contributed by atoms with Crippen molar-refractivity contribution in [1.82, 2.24) is 15.6 Å². The smallest absolute Gasteiger partial charge is 0.216 e. The van der Waals surface area contributed by atoms with Crippen molar-refractivity contribution in [1.29, 1.82) is 0 Å². The molecule has 0 saturated carbocycles. The summed E-state index contributed by atoms with van der Waals surface area (Å²) in [6.07, 6.45) is 5.98. The summed E-state index contributed by atoms with van der Waals surface area (Å²) in [5.74, 6) is 2.35. The van der Waals surface area contributed by atoms with Gasteiger partial charge >= 0.3 is 0 Å². The van der Waals surface area contributed by atoms with Crippen LogP contribution in [-0.4, -0.2) is 35.7 Å². The van der Waals surface area contributed by atoms with E-state index in [0.717, 1.165) is 31.1 Å². The number of oxazole rings is 1. The predicted octanol–water partition coefficient (Wildman–Crippen LogP) is 2.35. The molecule has 0 radical (unpaired) electrons. The molecule has 0 aliphatic carbocycles. The Bertz CT molecular complexity index is 561. The van der Waals surface area contributed by atoms with Crippen LogP contribution in [0.4, 0.5) is 0 Å². The molecule has 2 saturated heterocycles. The second kappa shape index (κ2) is 6.51. The first-order valence-electron chi connectivity index (χ1n) is 8.61. The van der Waals surface area contributed by atoms with Gasteiger partial charge in [-0.1, -0.05) is 20.8 Å². The lowest BCUT2D eigenvalue weighted by Crippen LogP contribution is -2.47. The topological polar surface area (TPSA) is 71.7 Å². The SMILES string of the molecule is CCNC(=NCc1ncc(C(C)(C)C)o1)NC1CC2CCC1O2. The molecule has 1 aromatic rings. The molecule has 0 amide bonds. The summed E-state index contributed by atoms with van der Waals surface area (Å²) < 4.78 is 11.7. The molecule has 128 valence electrons. The predicted molar refractivity (Wildman–Crippen MR) is 89.5 cm³/mol. The largest absolute Gasteiger partial charge is 0.443 e. The van der Waals surface area contributed by atoms with Crippen LogP contribution in [0.5, 0.6) is 0 Å². The second-order valence-electron chi connectivity index (χ2n) is 7.42. The Hall–Kier alpha value is -1.56. The van der Waals surface area contributed by atoms with Gasteiger partial charge < -0.3 is 19.8 Å². The Morgan fingerprint density at radius 1 is 1.39 bits per heavy atom. The lowest BCUT2D eigenvalue weighted by molar-refractivity contribution is 0.0992. The van der Waals surface area contributed by atoms with Crippen LogP contribution in [-0.2, 0) is 16.7 Å². The van der Waals surface area contributed by atoms with Crippen molar-refractivity contribution in [2.75, 3.05) is 6.54 Å². The zero-order valence-electron chi connectivity index (χ0n) is 14.6. The van der Waals surface area contributed by atoms with Gasteiger partial charge in [0.15, 0.2) is 5.96 Å². The minimum absolute atomic E-state index is 0.0296. The molecule has 2 bridgehead atoms. The van der Waals surface area contributed by atoms with E-state index in [4.69, 9.17) is 9.15 Å². The molecule has 3 rings (SSSR count). The lowest BCUT2D eigenvalue weighted by atomic mass is 9.94. The molecule has 2 aliphatic rings. The first kappa shape index (κ1) is 16.3. The number of ether oxygens (including phenoxy) is 1. The quantitative estimate of drug-likeness (QED) is 0.658. The van der Waals surface area contributed by atoms with Crippen LogP contribution in [0.1, 0.15) is 58.6 Å². The number of aromatic nitrogens is 1. The van der Waals surface area contributed by atoms with Gasteiger partial charge in [0.1, 0.15) is 12.3 Å². The van der Waals surface area contributed by atoms with E-state index in [1.165, 1.54) is 6.42 Å². The highest BCUT2D eigenvalue weighted by Crippen LogP contribution is 2.34. The fourth-order valence-electron chi connectivity index (χ4n) is 3.16. The summed E-state index contributed by atoms with van der Waals surface area (Å²) in [5.41, 5.74) is -0.0296. The van der Waals surface area contributed by atoms with E-state index in [0.29, 0.717) is 30.7 Å². The first-order chi connectivity index (χ1) is 11.0. The van der Waals surface area contributed by atoms with Gasteiger partial charge in [-0.3, -0.25) is 0 Å². The molecule has 0 aromatic carbocycles. The van der Waals surface area contributed by atoms with Crippen molar-refractivity contribution in [2.45, 2.75) is 77.2 Å². The summed E-state index contributed by atoms with van der Waals surface area (Å²) in [7, 11) is 0. The Morgan fingerprint density at radius 3 is 2.78 bits per heavy atom. The van der Waals surface area contributed by atoms with Crippen molar-refractivity contribution >= 4 is 5.96 Å². The van der Waals surface area contributed by atoms with Crippen LogP contribution in [0.3, 0.4) is 0 Å².